The molecule has 1 aromatic carbocycles. The number of nitrogens with zero attached hydrogens (tertiary/aromatic N) is 5. The van der Waals surface area contributed by atoms with Crippen LogP contribution in [0.15, 0.2) is 30.6 Å². The molecule has 0 N–H and O–H groups in total. The van der Waals surface area contributed by atoms with Crippen LogP contribution in [0.25, 0.3) is 0 Å². The molecule has 9 heteroatoms. The topological polar surface area (TPSA) is 90.2 Å². The summed E-state index contributed by atoms with van der Waals surface area (Å²) in [5, 5.41) is 10.8. The van der Waals surface area contributed by atoms with Gasteiger partial charge in [-0.15, -0.1) is 5.10 Å². The number of carbonyl (C=O) groups excluding carboxylic acids is 2. The molecule has 0 bridgehead atoms. The molecule has 1 aromatic heterocycles. The van der Waals surface area contributed by atoms with Gasteiger partial charge in [0.05, 0.1) is 18.6 Å². The molecule has 0 radical (unpaired) electrons. The van der Waals surface area contributed by atoms with Crippen molar-refractivity contribution in [3.63, 3.8) is 0 Å². The van der Waals surface area contributed by atoms with Gasteiger partial charge in [0.25, 0.3) is 0 Å². The van der Waals surface area contributed by atoms with E-state index in [0.29, 0.717) is 51.9 Å². The highest BCUT2D eigenvalue weighted by Gasteiger charge is 2.43. The Morgan fingerprint density at radius 2 is 2.07 bits per heavy atom. The summed E-state index contributed by atoms with van der Waals surface area (Å²) in [6.07, 6.45) is 3.13. The molecule has 1 aliphatic heterocycles. The molecule has 1 saturated heterocycles. The first-order chi connectivity index (χ1) is 13.5. The summed E-state index contributed by atoms with van der Waals surface area (Å²) in [5.74, 6) is -0.606. The summed E-state index contributed by atoms with van der Waals surface area (Å²) in [6.45, 7) is 3.39. The van der Waals surface area contributed by atoms with Crippen LogP contribution in [0.4, 0.5) is 4.39 Å². The standard InChI is InChI=1S/C19H24FN5O3/c1-2-28-18(27)19(13-15-4-3-5-16(20)12-15)7-10-24(11-8-19)17(26)6-9-25-14-21-22-23-25/h3-5,12,14H,2,6-11,13H2,1H3. The van der Waals surface area contributed by atoms with E-state index in [2.05, 4.69) is 15.5 Å². The number of amides is 1. The maximum atomic E-state index is 13.6. The van der Waals surface area contributed by atoms with Crippen LogP contribution in [0, 0.1) is 11.2 Å². The number of benzene rings is 1. The smallest absolute Gasteiger partial charge is 0.312 e. The van der Waals surface area contributed by atoms with Crippen molar-refractivity contribution in [3.05, 3.63) is 42.0 Å². The minimum absolute atomic E-state index is 0.00119. The third-order valence-corrected chi connectivity index (χ3v) is 5.16. The fourth-order valence-corrected chi connectivity index (χ4v) is 3.61. The van der Waals surface area contributed by atoms with Gasteiger partial charge in [0, 0.05) is 19.5 Å². The summed E-state index contributed by atoms with van der Waals surface area (Å²) in [6, 6.07) is 6.28. The van der Waals surface area contributed by atoms with E-state index in [-0.39, 0.29) is 17.7 Å². The number of esters is 1. The number of hydrogen-bond acceptors (Lipinski definition) is 6. The number of tetrazole rings is 1. The number of carbonyl (C=O) groups is 2. The summed E-state index contributed by atoms with van der Waals surface area (Å²) in [4.78, 5) is 27.0. The number of halogens is 1. The van der Waals surface area contributed by atoms with Gasteiger partial charge in [-0.2, -0.15) is 0 Å². The van der Waals surface area contributed by atoms with Crippen molar-refractivity contribution >= 4 is 11.9 Å². The Kier molecular flexibility index (Phi) is 6.33. The first kappa shape index (κ1) is 19.9. The van der Waals surface area contributed by atoms with Gasteiger partial charge >= 0.3 is 5.97 Å². The predicted molar refractivity (Wildman–Crippen MR) is 97.4 cm³/mol. The quantitative estimate of drug-likeness (QED) is 0.669. The minimum Gasteiger partial charge on any atom is -0.466 e. The fourth-order valence-electron chi connectivity index (χ4n) is 3.61. The Hall–Kier alpha value is -2.84. The van der Waals surface area contributed by atoms with Crippen LogP contribution in [0.5, 0.6) is 0 Å². The Balaban J connectivity index is 1.64. The molecule has 2 aromatic rings. The van der Waals surface area contributed by atoms with Gasteiger partial charge < -0.3 is 9.64 Å². The molecule has 0 atom stereocenters. The Morgan fingerprint density at radius 1 is 1.29 bits per heavy atom. The third kappa shape index (κ3) is 4.71. The SMILES string of the molecule is CCOC(=O)C1(Cc2cccc(F)c2)CCN(C(=O)CCn2cnnn2)CC1. The molecule has 1 aliphatic rings. The maximum Gasteiger partial charge on any atom is 0.312 e. The van der Waals surface area contributed by atoms with Crippen LogP contribution >= 0.6 is 0 Å². The maximum absolute atomic E-state index is 13.6. The molecule has 8 nitrogen and oxygen atoms in total. The molecule has 3 rings (SSSR count). The lowest BCUT2D eigenvalue weighted by Crippen LogP contribution is -2.48. The lowest BCUT2D eigenvalue weighted by atomic mass is 9.73. The number of ether oxygens (including phenoxy) is 1. The Bertz CT molecular complexity index is 804. The molecule has 1 amide bonds. The van der Waals surface area contributed by atoms with Crippen LogP contribution in [0.1, 0.15) is 31.7 Å². The van der Waals surface area contributed by atoms with Crippen LogP contribution in [0.2, 0.25) is 0 Å². The van der Waals surface area contributed by atoms with Crippen molar-refractivity contribution in [2.24, 2.45) is 5.41 Å². The van der Waals surface area contributed by atoms with E-state index >= 15 is 0 Å². The van der Waals surface area contributed by atoms with E-state index in [1.54, 1.807) is 17.9 Å². The third-order valence-electron chi connectivity index (χ3n) is 5.16. The van der Waals surface area contributed by atoms with Crippen molar-refractivity contribution in [1.29, 1.82) is 0 Å². The zero-order chi connectivity index (χ0) is 20.0. The minimum atomic E-state index is -0.740. The highest BCUT2D eigenvalue weighted by atomic mass is 19.1. The number of rotatable bonds is 7. The van der Waals surface area contributed by atoms with Crippen molar-refractivity contribution < 1.29 is 18.7 Å². The van der Waals surface area contributed by atoms with Gasteiger partial charge in [-0.3, -0.25) is 9.59 Å². The molecule has 2 heterocycles. The normalized spacial score (nSPS) is 16.0. The highest BCUT2D eigenvalue weighted by molar-refractivity contribution is 5.79. The van der Waals surface area contributed by atoms with Crippen molar-refractivity contribution in [2.45, 2.75) is 39.2 Å². The summed E-state index contributed by atoms with van der Waals surface area (Å²) < 4.78 is 20.4. The molecule has 0 saturated carbocycles. The second kappa shape index (κ2) is 8.90. The van der Waals surface area contributed by atoms with Gasteiger partial charge in [-0.05, 0) is 54.3 Å². The Labute approximate surface area is 162 Å². The average molecular weight is 389 g/mol. The van der Waals surface area contributed by atoms with Gasteiger partial charge in [0.15, 0.2) is 0 Å². The van der Waals surface area contributed by atoms with Gasteiger partial charge in [0.1, 0.15) is 12.1 Å². The predicted octanol–water partition coefficient (Wildman–Crippen LogP) is 1.62. The van der Waals surface area contributed by atoms with E-state index in [0.717, 1.165) is 5.56 Å². The molecule has 0 aliphatic carbocycles. The molecular formula is C19H24FN5O3. The van der Waals surface area contributed by atoms with E-state index in [4.69, 9.17) is 4.74 Å². The van der Waals surface area contributed by atoms with E-state index in [9.17, 15) is 14.0 Å². The molecule has 150 valence electrons. The lowest BCUT2D eigenvalue weighted by molar-refractivity contribution is -0.160. The van der Waals surface area contributed by atoms with Gasteiger partial charge in [-0.25, -0.2) is 9.07 Å². The molecule has 0 unspecified atom stereocenters. The molecule has 0 spiro atoms. The van der Waals surface area contributed by atoms with Gasteiger partial charge in [-0.1, -0.05) is 12.1 Å². The number of likely N-dealkylation sites (tertiary alicyclic amines) is 1. The number of aromatic nitrogens is 4. The van der Waals surface area contributed by atoms with Crippen LogP contribution < -0.4 is 0 Å². The molecule has 1 fully saturated rings. The first-order valence-electron chi connectivity index (χ1n) is 9.42. The number of piperidine rings is 1. The zero-order valence-electron chi connectivity index (χ0n) is 15.9. The van der Waals surface area contributed by atoms with E-state index in [1.807, 2.05) is 6.07 Å². The molecular weight excluding hydrogens is 365 g/mol. The molecule has 28 heavy (non-hydrogen) atoms. The number of aryl methyl sites for hydroxylation is 1. The monoisotopic (exact) mass is 389 g/mol. The fraction of sp³-hybridized carbons (Fsp3) is 0.526. The average Bonchev–Trinajstić information content (AvgIpc) is 3.20. The summed E-state index contributed by atoms with van der Waals surface area (Å²) >= 11 is 0. The highest BCUT2D eigenvalue weighted by Crippen LogP contribution is 2.37. The summed E-state index contributed by atoms with van der Waals surface area (Å²) in [7, 11) is 0. The van der Waals surface area contributed by atoms with Crippen molar-refractivity contribution in [2.75, 3.05) is 19.7 Å². The van der Waals surface area contributed by atoms with Crippen LogP contribution in [-0.4, -0.2) is 56.7 Å². The van der Waals surface area contributed by atoms with Crippen molar-refractivity contribution in [1.82, 2.24) is 25.1 Å². The second-order valence-electron chi connectivity index (χ2n) is 7.01. The van der Waals surface area contributed by atoms with E-state index < -0.39 is 5.41 Å². The largest absolute Gasteiger partial charge is 0.466 e. The van der Waals surface area contributed by atoms with E-state index in [1.165, 1.54) is 23.1 Å². The van der Waals surface area contributed by atoms with Crippen LogP contribution in [0.3, 0.4) is 0 Å². The lowest BCUT2D eigenvalue weighted by Gasteiger charge is -2.40. The Morgan fingerprint density at radius 3 is 2.71 bits per heavy atom. The second-order valence-corrected chi connectivity index (χ2v) is 7.01. The first-order valence-corrected chi connectivity index (χ1v) is 9.42. The zero-order valence-corrected chi connectivity index (χ0v) is 15.9. The number of hydrogen-bond donors (Lipinski definition) is 0. The summed E-state index contributed by atoms with van der Waals surface area (Å²) in [5.41, 5.74) is 0.0164. The van der Waals surface area contributed by atoms with Crippen LogP contribution in [-0.2, 0) is 27.3 Å². The van der Waals surface area contributed by atoms with Crippen molar-refractivity contribution in [3.8, 4) is 0 Å². The van der Waals surface area contributed by atoms with Gasteiger partial charge in [0.2, 0.25) is 5.91 Å².